The molecule has 1 rings (SSSR count). The van der Waals surface area contributed by atoms with E-state index in [-0.39, 0.29) is 0 Å². The maximum absolute atomic E-state index is 10.2. The molecular formula is C12H16ClNO2. The fourth-order valence-corrected chi connectivity index (χ4v) is 1.51. The van der Waals surface area contributed by atoms with Crippen LogP contribution in [-0.4, -0.2) is 12.1 Å². The van der Waals surface area contributed by atoms with Gasteiger partial charge >= 0.3 is 0 Å². The van der Waals surface area contributed by atoms with Crippen molar-refractivity contribution in [3.05, 3.63) is 34.7 Å². The van der Waals surface area contributed by atoms with Gasteiger partial charge in [0.1, 0.15) is 5.75 Å². The van der Waals surface area contributed by atoms with Gasteiger partial charge in [-0.1, -0.05) is 37.1 Å². The summed E-state index contributed by atoms with van der Waals surface area (Å²) >= 11 is 5.66. The van der Waals surface area contributed by atoms with E-state index >= 15 is 0 Å². The summed E-state index contributed by atoms with van der Waals surface area (Å²) < 4.78 is 5.55. The van der Waals surface area contributed by atoms with Crippen molar-refractivity contribution in [3.8, 4) is 5.75 Å². The highest BCUT2D eigenvalue weighted by molar-refractivity contribution is 6.20. The van der Waals surface area contributed by atoms with Gasteiger partial charge in [-0.2, -0.15) is 0 Å². The lowest BCUT2D eigenvalue weighted by Gasteiger charge is -2.07. The van der Waals surface area contributed by atoms with Gasteiger partial charge in [0.05, 0.1) is 6.61 Å². The van der Waals surface area contributed by atoms with E-state index in [4.69, 9.17) is 16.3 Å². The van der Waals surface area contributed by atoms with E-state index in [0.29, 0.717) is 6.42 Å². The van der Waals surface area contributed by atoms with Crippen molar-refractivity contribution >= 4 is 11.6 Å². The summed E-state index contributed by atoms with van der Waals surface area (Å²) in [6.45, 7) is 2.84. The normalized spacial score (nSPS) is 12.1. The Morgan fingerprint density at radius 1 is 1.50 bits per heavy atom. The van der Waals surface area contributed by atoms with Crippen molar-refractivity contribution in [2.45, 2.75) is 31.7 Å². The van der Waals surface area contributed by atoms with Crippen molar-refractivity contribution in [2.75, 3.05) is 6.61 Å². The molecule has 0 aliphatic heterocycles. The highest BCUT2D eigenvalue weighted by Gasteiger charge is 2.05. The molecule has 1 aromatic carbocycles. The monoisotopic (exact) mass is 241 g/mol. The van der Waals surface area contributed by atoms with Crippen molar-refractivity contribution in [1.82, 2.24) is 0 Å². The van der Waals surface area contributed by atoms with E-state index in [1.165, 1.54) is 0 Å². The standard InChI is InChI=1S/C12H16ClNO2/c1-2-3-7-16-11-6-4-5-10(8-11)9-12(13)14-15/h4-6,8,12H,2-3,7,9H2,1H3. The average molecular weight is 242 g/mol. The van der Waals surface area contributed by atoms with Gasteiger partial charge in [0.15, 0.2) is 5.50 Å². The third-order valence-corrected chi connectivity index (χ3v) is 2.42. The second-order valence-corrected chi connectivity index (χ2v) is 4.10. The molecular weight excluding hydrogens is 226 g/mol. The molecule has 1 aromatic rings. The van der Waals surface area contributed by atoms with Gasteiger partial charge < -0.3 is 4.74 Å². The average Bonchev–Trinajstić information content (AvgIpc) is 2.30. The van der Waals surface area contributed by atoms with Crippen molar-refractivity contribution in [1.29, 1.82) is 0 Å². The van der Waals surface area contributed by atoms with Crippen LogP contribution < -0.4 is 4.74 Å². The number of hydrogen-bond donors (Lipinski definition) is 0. The Morgan fingerprint density at radius 3 is 3.00 bits per heavy atom. The van der Waals surface area contributed by atoms with E-state index < -0.39 is 5.50 Å². The summed E-state index contributed by atoms with van der Waals surface area (Å²) in [5, 5.41) is 2.76. The minimum atomic E-state index is -0.703. The SMILES string of the molecule is CCCCOc1cccc(CC(Cl)N=O)c1. The zero-order chi connectivity index (χ0) is 11.8. The number of nitroso groups, excluding NO2 is 1. The van der Waals surface area contributed by atoms with Gasteiger partial charge in [0.2, 0.25) is 0 Å². The summed E-state index contributed by atoms with van der Waals surface area (Å²) in [4.78, 5) is 10.2. The molecule has 1 atom stereocenters. The first-order chi connectivity index (χ1) is 7.76. The number of unbranched alkanes of at least 4 members (excludes halogenated alkanes) is 1. The van der Waals surface area contributed by atoms with Crippen LogP contribution in [0.1, 0.15) is 25.3 Å². The first kappa shape index (κ1) is 13.0. The molecule has 0 saturated carbocycles. The van der Waals surface area contributed by atoms with Crippen LogP contribution in [0.25, 0.3) is 0 Å². The number of halogens is 1. The summed E-state index contributed by atoms with van der Waals surface area (Å²) in [6, 6.07) is 7.60. The molecule has 0 aliphatic rings. The Morgan fingerprint density at radius 2 is 2.31 bits per heavy atom. The van der Waals surface area contributed by atoms with Gasteiger partial charge in [0, 0.05) is 6.42 Å². The Bertz CT molecular complexity index is 331. The van der Waals surface area contributed by atoms with E-state index in [1.54, 1.807) is 0 Å². The third-order valence-electron chi connectivity index (χ3n) is 2.18. The number of ether oxygens (including phenoxy) is 1. The van der Waals surface area contributed by atoms with Crippen LogP contribution in [0.5, 0.6) is 5.75 Å². The molecule has 0 amide bonds. The largest absolute Gasteiger partial charge is 0.494 e. The fourth-order valence-electron chi connectivity index (χ4n) is 1.33. The third kappa shape index (κ3) is 4.62. The molecule has 88 valence electrons. The Hall–Kier alpha value is -1.09. The van der Waals surface area contributed by atoms with Gasteiger partial charge in [-0.15, -0.1) is 4.91 Å². The second-order valence-electron chi connectivity index (χ2n) is 3.59. The molecule has 0 N–H and O–H groups in total. The lowest BCUT2D eigenvalue weighted by atomic mass is 10.1. The number of nitrogens with zero attached hydrogens (tertiary/aromatic N) is 1. The van der Waals surface area contributed by atoms with Gasteiger partial charge in [-0.05, 0) is 29.3 Å². The van der Waals surface area contributed by atoms with E-state index in [1.807, 2.05) is 24.3 Å². The first-order valence-corrected chi connectivity index (χ1v) is 5.88. The molecule has 1 unspecified atom stereocenters. The van der Waals surface area contributed by atoms with Crippen LogP contribution in [0.3, 0.4) is 0 Å². The highest BCUT2D eigenvalue weighted by atomic mass is 35.5. The number of benzene rings is 1. The predicted octanol–water partition coefficient (Wildman–Crippen LogP) is 3.74. The number of hydrogen-bond acceptors (Lipinski definition) is 3. The zero-order valence-electron chi connectivity index (χ0n) is 9.36. The quantitative estimate of drug-likeness (QED) is 0.316. The van der Waals surface area contributed by atoms with Crippen LogP contribution >= 0.6 is 11.6 Å². The zero-order valence-corrected chi connectivity index (χ0v) is 10.1. The molecule has 0 aromatic heterocycles. The minimum Gasteiger partial charge on any atom is -0.494 e. The van der Waals surface area contributed by atoms with Gasteiger partial charge in [-0.25, -0.2) is 0 Å². The minimum absolute atomic E-state index is 0.441. The number of rotatable bonds is 7. The molecule has 0 spiro atoms. The maximum atomic E-state index is 10.2. The lowest BCUT2D eigenvalue weighted by molar-refractivity contribution is 0.309. The van der Waals surface area contributed by atoms with Crippen LogP contribution in [0.4, 0.5) is 0 Å². The van der Waals surface area contributed by atoms with Crippen LogP contribution in [0.15, 0.2) is 29.4 Å². The molecule has 0 aliphatic carbocycles. The van der Waals surface area contributed by atoms with Crippen molar-refractivity contribution in [2.24, 2.45) is 5.18 Å². The van der Waals surface area contributed by atoms with Crippen LogP contribution in [-0.2, 0) is 6.42 Å². The summed E-state index contributed by atoms with van der Waals surface area (Å²) in [5.74, 6) is 0.820. The smallest absolute Gasteiger partial charge is 0.169 e. The molecule has 4 heteroatoms. The van der Waals surface area contributed by atoms with Crippen LogP contribution in [0.2, 0.25) is 0 Å². The molecule has 0 bridgehead atoms. The number of alkyl halides is 1. The second kappa shape index (κ2) is 7.23. The summed E-state index contributed by atoms with van der Waals surface area (Å²) in [6.07, 6.45) is 2.59. The van der Waals surface area contributed by atoms with Crippen LogP contribution in [0, 0.1) is 4.91 Å². The Kier molecular flexibility index (Phi) is 5.86. The molecule has 0 saturated heterocycles. The highest BCUT2D eigenvalue weighted by Crippen LogP contribution is 2.16. The first-order valence-electron chi connectivity index (χ1n) is 5.44. The molecule has 0 heterocycles. The topological polar surface area (TPSA) is 38.7 Å². The van der Waals surface area contributed by atoms with Gasteiger partial charge in [-0.3, -0.25) is 0 Å². The van der Waals surface area contributed by atoms with Gasteiger partial charge in [0.25, 0.3) is 0 Å². The lowest BCUT2D eigenvalue weighted by Crippen LogP contribution is -2.00. The molecule has 3 nitrogen and oxygen atoms in total. The van der Waals surface area contributed by atoms with E-state index in [2.05, 4.69) is 12.1 Å². The predicted molar refractivity (Wildman–Crippen MR) is 66.0 cm³/mol. The van der Waals surface area contributed by atoms with E-state index in [9.17, 15) is 4.91 Å². The molecule has 0 radical (unpaired) electrons. The summed E-state index contributed by atoms with van der Waals surface area (Å²) in [7, 11) is 0. The Balaban J connectivity index is 2.53. The Labute approximate surface area is 101 Å². The molecule has 16 heavy (non-hydrogen) atoms. The van der Waals surface area contributed by atoms with Crippen molar-refractivity contribution < 1.29 is 4.74 Å². The maximum Gasteiger partial charge on any atom is 0.169 e. The fraction of sp³-hybridized carbons (Fsp3) is 0.500. The molecule has 0 fully saturated rings. The van der Waals surface area contributed by atoms with E-state index in [0.717, 1.165) is 30.8 Å². The van der Waals surface area contributed by atoms with Crippen molar-refractivity contribution in [3.63, 3.8) is 0 Å². The summed E-state index contributed by atoms with van der Waals surface area (Å²) in [5.41, 5.74) is 0.263.